The van der Waals surface area contributed by atoms with Crippen LogP contribution in [-0.4, -0.2) is 26.4 Å². The quantitative estimate of drug-likeness (QED) is 0.614. The Morgan fingerprint density at radius 1 is 1.44 bits per heavy atom. The SMILES string of the molecule is CS(=O)(=O)OCCCc1noc2cc(F)ccc12. The molecule has 0 N–H and O–H groups in total. The van der Waals surface area contributed by atoms with Crippen molar-refractivity contribution >= 4 is 21.1 Å². The van der Waals surface area contributed by atoms with E-state index in [-0.39, 0.29) is 12.4 Å². The number of benzene rings is 1. The lowest BCUT2D eigenvalue weighted by molar-refractivity contribution is 0.314. The first-order valence-corrected chi connectivity index (χ1v) is 7.15. The highest BCUT2D eigenvalue weighted by Crippen LogP contribution is 2.20. The van der Waals surface area contributed by atoms with Gasteiger partial charge in [-0.25, -0.2) is 4.39 Å². The summed E-state index contributed by atoms with van der Waals surface area (Å²) in [5, 5.41) is 4.56. The number of hydrogen-bond acceptors (Lipinski definition) is 5. The molecular weight excluding hydrogens is 261 g/mol. The maximum Gasteiger partial charge on any atom is 0.264 e. The topological polar surface area (TPSA) is 69.4 Å². The molecule has 0 unspecified atom stereocenters. The van der Waals surface area contributed by atoms with Crippen LogP contribution < -0.4 is 0 Å². The third-order valence-electron chi connectivity index (χ3n) is 2.36. The largest absolute Gasteiger partial charge is 0.356 e. The minimum Gasteiger partial charge on any atom is -0.356 e. The molecule has 0 radical (unpaired) electrons. The number of fused-ring (bicyclic) bond motifs is 1. The van der Waals surface area contributed by atoms with Crippen LogP contribution in [0.4, 0.5) is 4.39 Å². The molecule has 2 aromatic rings. The van der Waals surface area contributed by atoms with Gasteiger partial charge >= 0.3 is 0 Å². The molecule has 0 spiro atoms. The molecular formula is C11H12FNO4S. The van der Waals surface area contributed by atoms with Gasteiger partial charge in [-0.3, -0.25) is 4.18 Å². The van der Waals surface area contributed by atoms with Gasteiger partial charge in [0.1, 0.15) is 5.82 Å². The van der Waals surface area contributed by atoms with Gasteiger partial charge in [0.25, 0.3) is 10.1 Å². The van der Waals surface area contributed by atoms with E-state index in [0.29, 0.717) is 24.1 Å². The lowest BCUT2D eigenvalue weighted by Crippen LogP contribution is -2.05. The van der Waals surface area contributed by atoms with E-state index in [2.05, 4.69) is 9.34 Å². The van der Waals surface area contributed by atoms with Gasteiger partial charge in [-0.15, -0.1) is 0 Å². The molecule has 0 aliphatic carbocycles. The normalized spacial score (nSPS) is 12.1. The summed E-state index contributed by atoms with van der Waals surface area (Å²) in [5.74, 6) is -0.384. The predicted octanol–water partition coefficient (Wildman–Crippen LogP) is 1.88. The number of halogens is 1. The molecule has 0 aliphatic rings. The first-order valence-electron chi connectivity index (χ1n) is 5.34. The van der Waals surface area contributed by atoms with E-state index >= 15 is 0 Å². The van der Waals surface area contributed by atoms with E-state index < -0.39 is 10.1 Å². The monoisotopic (exact) mass is 273 g/mol. The van der Waals surface area contributed by atoms with E-state index in [1.54, 1.807) is 6.07 Å². The van der Waals surface area contributed by atoms with Crippen molar-refractivity contribution < 1.29 is 21.5 Å². The first kappa shape index (κ1) is 13.0. The fourth-order valence-electron chi connectivity index (χ4n) is 1.59. The Kier molecular flexibility index (Phi) is 3.63. The Hall–Kier alpha value is -1.47. The molecule has 0 bridgehead atoms. The minimum absolute atomic E-state index is 0.0916. The molecule has 7 heteroatoms. The van der Waals surface area contributed by atoms with Crippen molar-refractivity contribution in [2.75, 3.05) is 12.9 Å². The summed E-state index contributed by atoms with van der Waals surface area (Å²) >= 11 is 0. The van der Waals surface area contributed by atoms with Crippen LogP contribution in [0.5, 0.6) is 0 Å². The molecule has 1 aromatic carbocycles. The second kappa shape index (κ2) is 5.03. The molecule has 0 saturated heterocycles. The van der Waals surface area contributed by atoms with Gasteiger partial charge in [0.2, 0.25) is 0 Å². The maximum atomic E-state index is 12.9. The Morgan fingerprint density at radius 3 is 2.94 bits per heavy atom. The van der Waals surface area contributed by atoms with Crippen LogP contribution in [-0.2, 0) is 20.7 Å². The lowest BCUT2D eigenvalue weighted by atomic mass is 10.1. The van der Waals surface area contributed by atoms with Crippen LogP contribution in [0.3, 0.4) is 0 Å². The van der Waals surface area contributed by atoms with Crippen LogP contribution in [0.2, 0.25) is 0 Å². The molecule has 98 valence electrons. The van der Waals surface area contributed by atoms with E-state index in [4.69, 9.17) is 4.52 Å². The number of aromatic nitrogens is 1. The maximum absolute atomic E-state index is 12.9. The average Bonchev–Trinajstić information content (AvgIpc) is 2.65. The molecule has 18 heavy (non-hydrogen) atoms. The molecule has 0 aliphatic heterocycles. The summed E-state index contributed by atoms with van der Waals surface area (Å²) in [5.41, 5.74) is 1.05. The highest BCUT2D eigenvalue weighted by Gasteiger charge is 2.09. The van der Waals surface area contributed by atoms with Gasteiger partial charge in [-0.2, -0.15) is 8.42 Å². The van der Waals surface area contributed by atoms with Crippen LogP contribution in [0.1, 0.15) is 12.1 Å². The smallest absolute Gasteiger partial charge is 0.264 e. The molecule has 2 rings (SSSR count). The van der Waals surface area contributed by atoms with Crippen molar-refractivity contribution in [2.45, 2.75) is 12.8 Å². The fraction of sp³-hybridized carbons (Fsp3) is 0.364. The molecule has 0 atom stereocenters. The average molecular weight is 273 g/mol. The van der Waals surface area contributed by atoms with E-state index in [1.165, 1.54) is 12.1 Å². The molecule has 0 amide bonds. The van der Waals surface area contributed by atoms with Crippen molar-refractivity contribution in [3.63, 3.8) is 0 Å². The van der Waals surface area contributed by atoms with Gasteiger partial charge in [0, 0.05) is 11.5 Å². The summed E-state index contributed by atoms with van der Waals surface area (Å²) in [7, 11) is -3.41. The second-order valence-corrected chi connectivity index (χ2v) is 5.54. The summed E-state index contributed by atoms with van der Waals surface area (Å²) in [6.45, 7) is 0.0916. The number of rotatable bonds is 5. The highest BCUT2D eigenvalue weighted by molar-refractivity contribution is 7.85. The zero-order valence-electron chi connectivity index (χ0n) is 9.72. The molecule has 0 fully saturated rings. The highest BCUT2D eigenvalue weighted by atomic mass is 32.2. The van der Waals surface area contributed by atoms with Crippen molar-refractivity contribution in [3.05, 3.63) is 29.7 Å². The Bertz CT molecular complexity index is 650. The summed E-state index contributed by atoms with van der Waals surface area (Å²) in [4.78, 5) is 0. The summed E-state index contributed by atoms with van der Waals surface area (Å²) < 4.78 is 44.0. The fourth-order valence-corrected chi connectivity index (χ4v) is 2.01. The van der Waals surface area contributed by atoms with Crippen molar-refractivity contribution in [1.29, 1.82) is 0 Å². The third-order valence-corrected chi connectivity index (χ3v) is 2.96. The van der Waals surface area contributed by atoms with E-state index in [1.807, 2.05) is 0 Å². The third kappa shape index (κ3) is 3.27. The van der Waals surface area contributed by atoms with Crippen LogP contribution in [0, 0.1) is 5.82 Å². The molecule has 5 nitrogen and oxygen atoms in total. The predicted molar refractivity (Wildman–Crippen MR) is 63.1 cm³/mol. The van der Waals surface area contributed by atoms with Gasteiger partial charge in [0.15, 0.2) is 5.58 Å². The van der Waals surface area contributed by atoms with Gasteiger partial charge < -0.3 is 4.52 Å². The van der Waals surface area contributed by atoms with Crippen LogP contribution in [0.15, 0.2) is 22.7 Å². The van der Waals surface area contributed by atoms with Gasteiger partial charge in [0.05, 0.1) is 18.6 Å². The second-order valence-electron chi connectivity index (χ2n) is 3.90. The summed E-state index contributed by atoms with van der Waals surface area (Å²) in [6, 6.07) is 4.18. The first-order chi connectivity index (χ1) is 8.46. The zero-order chi connectivity index (χ0) is 13.2. The van der Waals surface area contributed by atoms with Gasteiger partial charge in [-0.05, 0) is 25.0 Å². The molecule has 1 heterocycles. The minimum atomic E-state index is -3.41. The van der Waals surface area contributed by atoms with Crippen LogP contribution >= 0.6 is 0 Å². The van der Waals surface area contributed by atoms with E-state index in [9.17, 15) is 12.8 Å². The molecule has 0 saturated carbocycles. The van der Waals surface area contributed by atoms with Gasteiger partial charge in [-0.1, -0.05) is 5.16 Å². The van der Waals surface area contributed by atoms with Crippen molar-refractivity contribution in [1.82, 2.24) is 5.16 Å². The number of aryl methyl sites for hydroxylation is 1. The van der Waals surface area contributed by atoms with Crippen molar-refractivity contribution in [3.8, 4) is 0 Å². The lowest BCUT2D eigenvalue weighted by Gasteiger charge is -1.99. The number of nitrogens with zero attached hydrogens (tertiary/aromatic N) is 1. The Balaban J connectivity index is 2.00. The van der Waals surface area contributed by atoms with E-state index in [0.717, 1.165) is 11.6 Å². The number of hydrogen-bond donors (Lipinski definition) is 0. The zero-order valence-corrected chi connectivity index (χ0v) is 10.5. The van der Waals surface area contributed by atoms with Crippen LogP contribution in [0.25, 0.3) is 11.0 Å². The Labute approximate surface area is 104 Å². The standard InChI is InChI=1S/C11H12FNO4S/c1-18(14,15)16-6-2-3-10-9-5-4-8(12)7-11(9)17-13-10/h4-5,7H,2-3,6H2,1H3. The summed E-state index contributed by atoms with van der Waals surface area (Å²) in [6.07, 6.45) is 2.00. The Morgan fingerprint density at radius 2 is 2.22 bits per heavy atom. The van der Waals surface area contributed by atoms with Crippen molar-refractivity contribution in [2.24, 2.45) is 0 Å². The molecule has 1 aromatic heterocycles.